The molecule has 2 aromatic carbocycles. The fraction of sp³-hybridized carbons (Fsp3) is 0.222. The van der Waals surface area contributed by atoms with E-state index in [0.29, 0.717) is 11.4 Å². The zero-order valence-corrected chi connectivity index (χ0v) is 13.8. The Bertz CT molecular complexity index is 770. The Kier molecular flexibility index (Phi) is 5.42. The SMILES string of the molecule is COc1ccc(O)c(C(=O)OCC(=O)Nc2cc(C)ccc2C)c1. The summed E-state index contributed by atoms with van der Waals surface area (Å²) in [5.41, 5.74) is 2.52. The molecule has 0 saturated carbocycles. The molecule has 126 valence electrons. The van der Waals surface area contributed by atoms with E-state index in [9.17, 15) is 14.7 Å². The number of esters is 1. The monoisotopic (exact) mass is 329 g/mol. The van der Waals surface area contributed by atoms with E-state index in [0.717, 1.165) is 11.1 Å². The number of anilines is 1. The second kappa shape index (κ2) is 7.50. The van der Waals surface area contributed by atoms with E-state index in [1.54, 1.807) is 0 Å². The van der Waals surface area contributed by atoms with Crippen LogP contribution in [0.4, 0.5) is 5.69 Å². The van der Waals surface area contributed by atoms with E-state index >= 15 is 0 Å². The molecule has 2 rings (SSSR count). The number of amides is 1. The van der Waals surface area contributed by atoms with Crippen molar-refractivity contribution in [1.29, 1.82) is 0 Å². The number of aromatic hydroxyl groups is 1. The zero-order valence-electron chi connectivity index (χ0n) is 13.8. The van der Waals surface area contributed by atoms with Gasteiger partial charge in [0, 0.05) is 5.69 Å². The van der Waals surface area contributed by atoms with Gasteiger partial charge in [-0.2, -0.15) is 0 Å². The number of carbonyl (C=O) groups excluding carboxylic acids is 2. The van der Waals surface area contributed by atoms with Gasteiger partial charge in [0.2, 0.25) is 0 Å². The maximum atomic E-state index is 12.0. The summed E-state index contributed by atoms with van der Waals surface area (Å²) >= 11 is 0. The molecule has 2 N–H and O–H groups in total. The van der Waals surface area contributed by atoms with E-state index in [-0.39, 0.29) is 11.3 Å². The Morgan fingerprint density at radius 1 is 1.12 bits per heavy atom. The van der Waals surface area contributed by atoms with Crippen LogP contribution >= 0.6 is 0 Å². The third kappa shape index (κ3) is 4.25. The summed E-state index contributed by atoms with van der Waals surface area (Å²) in [5, 5.41) is 12.4. The molecule has 0 spiro atoms. The lowest BCUT2D eigenvalue weighted by atomic mass is 10.1. The van der Waals surface area contributed by atoms with Gasteiger partial charge < -0.3 is 19.9 Å². The van der Waals surface area contributed by atoms with Gasteiger partial charge in [0.15, 0.2) is 6.61 Å². The van der Waals surface area contributed by atoms with Crippen LogP contribution in [0.2, 0.25) is 0 Å². The molecule has 0 unspecified atom stereocenters. The Morgan fingerprint density at radius 2 is 1.88 bits per heavy atom. The van der Waals surface area contributed by atoms with Gasteiger partial charge in [-0.3, -0.25) is 4.79 Å². The minimum absolute atomic E-state index is 0.0612. The number of carbonyl (C=O) groups is 2. The second-order valence-corrected chi connectivity index (χ2v) is 5.33. The first-order valence-corrected chi connectivity index (χ1v) is 7.32. The molecule has 0 aliphatic carbocycles. The van der Waals surface area contributed by atoms with E-state index in [2.05, 4.69) is 5.32 Å². The maximum Gasteiger partial charge on any atom is 0.342 e. The lowest BCUT2D eigenvalue weighted by Gasteiger charge is -2.10. The van der Waals surface area contributed by atoms with Crippen LogP contribution in [-0.4, -0.2) is 30.7 Å². The van der Waals surface area contributed by atoms with Crippen molar-refractivity contribution in [2.24, 2.45) is 0 Å². The molecule has 24 heavy (non-hydrogen) atoms. The lowest BCUT2D eigenvalue weighted by molar-refractivity contribution is -0.119. The van der Waals surface area contributed by atoms with E-state index in [1.807, 2.05) is 32.0 Å². The standard InChI is InChI=1S/C18H19NO5/c1-11-4-5-12(2)15(8-11)19-17(21)10-24-18(22)14-9-13(23-3)6-7-16(14)20/h4-9,20H,10H2,1-3H3,(H,19,21). The largest absolute Gasteiger partial charge is 0.507 e. The van der Waals surface area contributed by atoms with Gasteiger partial charge in [-0.15, -0.1) is 0 Å². The van der Waals surface area contributed by atoms with Crippen LogP contribution in [0.3, 0.4) is 0 Å². The molecule has 0 saturated heterocycles. The summed E-state index contributed by atoms with van der Waals surface area (Å²) in [5.74, 6) is -1.10. The van der Waals surface area contributed by atoms with Crippen molar-refractivity contribution in [1.82, 2.24) is 0 Å². The minimum Gasteiger partial charge on any atom is -0.507 e. The van der Waals surface area contributed by atoms with Gasteiger partial charge in [-0.1, -0.05) is 12.1 Å². The second-order valence-electron chi connectivity index (χ2n) is 5.33. The average Bonchev–Trinajstić information content (AvgIpc) is 2.56. The smallest absolute Gasteiger partial charge is 0.342 e. The number of rotatable bonds is 5. The number of hydrogen-bond acceptors (Lipinski definition) is 5. The number of phenols is 1. The number of phenolic OH excluding ortho intramolecular Hbond substituents is 1. The average molecular weight is 329 g/mol. The van der Waals surface area contributed by atoms with Crippen LogP contribution in [0.5, 0.6) is 11.5 Å². The predicted molar refractivity (Wildman–Crippen MR) is 89.5 cm³/mol. The summed E-state index contributed by atoms with van der Waals surface area (Å²) in [6.07, 6.45) is 0. The lowest BCUT2D eigenvalue weighted by Crippen LogP contribution is -2.21. The quantitative estimate of drug-likeness (QED) is 0.824. The number of hydrogen-bond donors (Lipinski definition) is 2. The fourth-order valence-corrected chi connectivity index (χ4v) is 2.07. The zero-order chi connectivity index (χ0) is 17.7. The first kappa shape index (κ1) is 17.3. The molecule has 0 heterocycles. The van der Waals surface area contributed by atoms with Crippen molar-refractivity contribution in [2.75, 3.05) is 19.0 Å². The normalized spacial score (nSPS) is 10.1. The van der Waals surface area contributed by atoms with Crippen molar-refractivity contribution >= 4 is 17.6 Å². The predicted octanol–water partition coefficient (Wildman–Crippen LogP) is 2.81. The summed E-state index contributed by atoms with van der Waals surface area (Å²) in [6, 6.07) is 9.86. The number of methoxy groups -OCH3 is 1. The van der Waals surface area contributed by atoms with Crippen LogP contribution in [0.1, 0.15) is 21.5 Å². The Hall–Kier alpha value is -3.02. The van der Waals surface area contributed by atoms with Crippen LogP contribution in [0.15, 0.2) is 36.4 Å². The van der Waals surface area contributed by atoms with Crippen molar-refractivity contribution in [2.45, 2.75) is 13.8 Å². The molecule has 0 radical (unpaired) electrons. The van der Waals surface area contributed by atoms with E-state index < -0.39 is 18.5 Å². The van der Waals surface area contributed by atoms with Crippen molar-refractivity contribution in [3.05, 3.63) is 53.1 Å². The highest BCUT2D eigenvalue weighted by atomic mass is 16.5. The Labute approximate surface area is 140 Å². The van der Waals surface area contributed by atoms with E-state index in [1.165, 1.54) is 25.3 Å². The van der Waals surface area contributed by atoms with Crippen molar-refractivity contribution in [3.8, 4) is 11.5 Å². The molecule has 0 fully saturated rings. The van der Waals surface area contributed by atoms with Crippen LogP contribution < -0.4 is 10.1 Å². The van der Waals surface area contributed by atoms with Gasteiger partial charge >= 0.3 is 5.97 Å². The molecule has 6 nitrogen and oxygen atoms in total. The third-order valence-corrected chi connectivity index (χ3v) is 3.43. The topological polar surface area (TPSA) is 84.9 Å². The maximum absolute atomic E-state index is 12.0. The minimum atomic E-state index is -0.803. The van der Waals surface area contributed by atoms with Crippen LogP contribution in [0, 0.1) is 13.8 Å². The molecule has 1 amide bonds. The summed E-state index contributed by atoms with van der Waals surface area (Å²) in [4.78, 5) is 23.9. The molecule has 0 aliphatic heterocycles. The fourth-order valence-electron chi connectivity index (χ4n) is 2.07. The molecule has 6 heteroatoms. The first-order chi connectivity index (χ1) is 11.4. The highest BCUT2D eigenvalue weighted by Crippen LogP contribution is 2.23. The van der Waals surface area contributed by atoms with Gasteiger partial charge in [-0.25, -0.2) is 4.79 Å². The van der Waals surface area contributed by atoms with Crippen molar-refractivity contribution < 1.29 is 24.2 Å². The third-order valence-electron chi connectivity index (χ3n) is 3.43. The Balaban J connectivity index is 1.99. The van der Waals surface area contributed by atoms with Gasteiger partial charge in [0.1, 0.15) is 17.1 Å². The number of aryl methyl sites for hydroxylation is 2. The van der Waals surface area contributed by atoms with Crippen LogP contribution in [-0.2, 0) is 9.53 Å². The molecule has 0 aromatic heterocycles. The van der Waals surface area contributed by atoms with Crippen LogP contribution in [0.25, 0.3) is 0 Å². The summed E-state index contributed by atoms with van der Waals surface area (Å²) < 4.78 is 9.94. The van der Waals surface area contributed by atoms with Gasteiger partial charge in [0.25, 0.3) is 5.91 Å². The number of ether oxygens (including phenoxy) is 2. The highest BCUT2D eigenvalue weighted by Gasteiger charge is 2.16. The molecular formula is C18H19NO5. The van der Waals surface area contributed by atoms with Gasteiger partial charge in [0.05, 0.1) is 7.11 Å². The van der Waals surface area contributed by atoms with E-state index in [4.69, 9.17) is 9.47 Å². The Morgan fingerprint density at radius 3 is 2.58 bits per heavy atom. The number of benzene rings is 2. The molecule has 0 atom stereocenters. The molecule has 2 aromatic rings. The number of nitrogens with one attached hydrogen (secondary N) is 1. The van der Waals surface area contributed by atoms with Gasteiger partial charge in [-0.05, 0) is 49.2 Å². The summed E-state index contributed by atoms with van der Waals surface area (Å²) in [6.45, 7) is 3.33. The molecule has 0 aliphatic rings. The highest BCUT2D eigenvalue weighted by molar-refractivity contribution is 5.97. The molecular weight excluding hydrogens is 310 g/mol. The summed E-state index contributed by atoms with van der Waals surface area (Å²) in [7, 11) is 1.44. The molecule has 0 bridgehead atoms. The first-order valence-electron chi connectivity index (χ1n) is 7.32. The van der Waals surface area contributed by atoms with Crippen molar-refractivity contribution in [3.63, 3.8) is 0 Å².